The molecule has 0 saturated heterocycles. The molecule has 0 unspecified atom stereocenters. The molecule has 0 spiro atoms. The Bertz CT molecular complexity index is 1230. The second kappa shape index (κ2) is 9.36. The summed E-state index contributed by atoms with van der Waals surface area (Å²) in [5, 5.41) is 7.22. The minimum absolute atomic E-state index is 0.0954. The van der Waals surface area contributed by atoms with E-state index in [2.05, 4.69) is 62.4 Å². The van der Waals surface area contributed by atoms with Crippen molar-refractivity contribution in [1.29, 1.82) is 0 Å². The smallest absolute Gasteiger partial charge is 0.292 e. The van der Waals surface area contributed by atoms with E-state index in [1.165, 1.54) is 16.7 Å². The molecule has 1 N–H and O–H groups in total. The Morgan fingerprint density at radius 3 is 2.52 bits per heavy atom. The maximum atomic E-state index is 12.6. The van der Waals surface area contributed by atoms with Gasteiger partial charge in [-0.15, -0.1) is 0 Å². The summed E-state index contributed by atoms with van der Waals surface area (Å²) >= 11 is 0. The average Bonchev–Trinajstić information content (AvgIpc) is 3.43. The number of anilines is 1. The van der Waals surface area contributed by atoms with Crippen molar-refractivity contribution < 1.29 is 13.9 Å². The Balaban J connectivity index is 1.32. The number of nitrogens with zero attached hydrogens (tertiary/aromatic N) is 2. The number of aryl methyl sites for hydroxylation is 1. The molecule has 6 heteroatoms. The second-order valence-electron chi connectivity index (χ2n) is 9.11. The summed E-state index contributed by atoms with van der Waals surface area (Å²) in [6, 6.07) is 21.3. The molecule has 0 atom stereocenters. The number of nitrogens with one attached hydrogen (secondary N) is 1. The van der Waals surface area contributed by atoms with Gasteiger partial charge in [-0.05, 0) is 53.3 Å². The number of rotatable bonds is 7. The molecule has 0 bridgehead atoms. The van der Waals surface area contributed by atoms with Crippen LogP contribution in [0.1, 0.15) is 53.8 Å². The minimum atomic E-state index is -0.350. The van der Waals surface area contributed by atoms with E-state index in [0.717, 1.165) is 5.75 Å². The average molecular weight is 444 g/mol. The minimum Gasteiger partial charge on any atom is -0.486 e. The number of carbonyl (C=O) groups is 1. The van der Waals surface area contributed by atoms with Crippen LogP contribution in [-0.4, -0.2) is 15.7 Å². The third kappa shape index (κ3) is 5.71. The van der Waals surface area contributed by atoms with Crippen LogP contribution in [-0.2, 0) is 18.6 Å². The van der Waals surface area contributed by atoms with Crippen LogP contribution < -0.4 is 10.1 Å². The van der Waals surface area contributed by atoms with Crippen molar-refractivity contribution in [3.8, 4) is 5.75 Å². The van der Waals surface area contributed by atoms with Crippen LogP contribution in [0.4, 0.5) is 5.82 Å². The van der Waals surface area contributed by atoms with Crippen molar-refractivity contribution in [2.75, 3.05) is 5.32 Å². The highest BCUT2D eigenvalue weighted by Crippen LogP contribution is 2.25. The molecule has 4 rings (SSSR count). The van der Waals surface area contributed by atoms with Crippen LogP contribution >= 0.6 is 0 Å². The molecule has 4 aromatic rings. The number of amides is 1. The van der Waals surface area contributed by atoms with Crippen LogP contribution in [0.5, 0.6) is 5.75 Å². The summed E-state index contributed by atoms with van der Waals surface area (Å²) in [7, 11) is 0. The van der Waals surface area contributed by atoms with E-state index in [-0.39, 0.29) is 23.7 Å². The molecular weight excluding hydrogens is 414 g/mol. The number of aromatic nitrogens is 2. The first-order valence-electron chi connectivity index (χ1n) is 11.0. The van der Waals surface area contributed by atoms with Gasteiger partial charge in [0, 0.05) is 12.3 Å². The van der Waals surface area contributed by atoms with Gasteiger partial charge in [-0.25, -0.2) is 0 Å². The SMILES string of the molecule is Cc1ccccc1Cn1ccc(NC(=O)c2ccc(COc3ccc(C(C)(C)C)cc3)o2)n1. The molecule has 0 fully saturated rings. The Hall–Kier alpha value is -3.80. The van der Waals surface area contributed by atoms with E-state index in [0.29, 0.717) is 18.1 Å². The zero-order valence-electron chi connectivity index (χ0n) is 19.5. The van der Waals surface area contributed by atoms with E-state index in [9.17, 15) is 4.79 Å². The van der Waals surface area contributed by atoms with Gasteiger partial charge in [0.1, 0.15) is 18.1 Å². The summed E-state index contributed by atoms with van der Waals surface area (Å²) in [5.74, 6) is 1.67. The predicted octanol–water partition coefficient (Wildman–Crippen LogP) is 5.96. The lowest BCUT2D eigenvalue weighted by molar-refractivity contribution is 0.0992. The summed E-state index contributed by atoms with van der Waals surface area (Å²) in [5.41, 5.74) is 3.72. The lowest BCUT2D eigenvalue weighted by Crippen LogP contribution is -2.12. The quantitative estimate of drug-likeness (QED) is 0.382. The van der Waals surface area contributed by atoms with Gasteiger partial charge in [-0.1, -0.05) is 57.2 Å². The van der Waals surface area contributed by atoms with Gasteiger partial charge in [0.05, 0.1) is 6.54 Å². The van der Waals surface area contributed by atoms with E-state index < -0.39 is 0 Å². The van der Waals surface area contributed by atoms with E-state index in [1.54, 1.807) is 22.9 Å². The number of benzene rings is 2. The van der Waals surface area contributed by atoms with Gasteiger partial charge in [0.15, 0.2) is 11.6 Å². The lowest BCUT2D eigenvalue weighted by atomic mass is 9.87. The molecule has 2 aromatic carbocycles. The van der Waals surface area contributed by atoms with Gasteiger partial charge in [0.25, 0.3) is 5.91 Å². The monoisotopic (exact) mass is 443 g/mol. The van der Waals surface area contributed by atoms with Gasteiger partial charge < -0.3 is 14.5 Å². The van der Waals surface area contributed by atoms with Crippen LogP contribution in [0, 0.1) is 6.92 Å². The van der Waals surface area contributed by atoms with E-state index in [1.807, 2.05) is 30.5 Å². The van der Waals surface area contributed by atoms with Gasteiger partial charge in [0.2, 0.25) is 0 Å². The number of ether oxygens (including phenoxy) is 1. The molecule has 0 saturated carbocycles. The largest absolute Gasteiger partial charge is 0.486 e. The van der Waals surface area contributed by atoms with Crippen molar-refractivity contribution in [3.05, 3.63) is 101 Å². The van der Waals surface area contributed by atoms with Crippen LogP contribution in [0.25, 0.3) is 0 Å². The summed E-state index contributed by atoms with van der Waals surface area (Å²) in [6.07, 6.45) is 1.84. The highest BCUT2D eigenvalue weighted by molar-refractivity contribution is 6.01. The van der Waals surface area contributed by atoms with Crippen molar-refractivity contribution in [2.45, 2.75) is 46.3 Å². The molecule has 2 aromatic heterocycles. The molecule has 2 heterocycles. The zero-order valence-corrected chi connectivity index (χ0v) is 19.5. The van der Waals surface area contributed by atoms with Crippen molar-refractivity contribution in [3.63, 3.8) is 0 Å². The van der Waals surface area contributed by atoms with Crippen molar-refractivity contribution >= 4 is 11.7 Å². The maximum absolute atomic E-state index is 12.6. The summed E-state index contributed by atoms with van der Waals surface area (Å²) < 4.78 is 13.3. The second-order valence-corrected chi connectivity index (χ2v) is 9.11. The first-order valence-corrected chi connectivity index (χ1v) is 11.0. The molecule has 33 heavy (non-hydrogen) atoms. The maximum Gasteiger partial charge on any atom is 0.292 e. The van der Waals surface area contributed by atoms with Gasteiger partial charge >= 0.3 is 0 Å². The van der Waals surface area contributed by atoms with E-state index >= 15 is 0 Å². The molecule has 1 amide bonds. The molecule has 6 nitrogen and oxygen atoms in total. The molecule has 0 radical (unpaired) electrons. The fourth-order valence-electron chi connectivity index (χ4n) is 3.44. The molecule has 0 aliphatic heterocycles. The Morgan fingerprint density at radius 2 is 1.79 bits per heavy atom. The normalized spacial score (nSPS) is 11.4. The zero-order chi connectivity index (χ0) is 23.4. The van der Waals surface area contributed by atoms with Crippen LogP contribution in [0.2, 0.25) is 0 Å². The third-order valence-electron chi connectivity index (χ3n) is 5.46. The standard InChI is InChI=1S/C27H29N3O3/c1-19-7-5-6-8-20(19)17-30-16-15-25(29-30)28-26(31)24-14-13-23(33-24)18-32-22-11-9-21(10-12-22)27(2,3)4/h5-16H,17-18H2,1-4H3,(H,28,29,31). The highest BCUT2D eigenvalue weighted by atomic mass is 16.5. The van der Waals surface area contributed by atoms with Crippen molar-refractivity contribution in [2.24, 2.45) is 0 Å². The Morgan fingerprint density at radius 1 is 1.03 bits per heavy atom. The number of carbonyl (C=O) groups excluding carboxylic acids is 1. The number of hydrogen-bond donors (Lipinski definition) is 1. The van der Waals surface area contributed by atoms with Crippen molar-refractivity contribution in [1.82, 2.24) is 9.78 Å². The lowest BCUT2D eigenvalue weighted by Gasteiger charge is -2.19. The highest BCUT2D eigenvalue weighted by Gasteiger charge is 2.15. The Kier molecular flexibility index (Phi) is 6.36. The van der Waals surface area contributed by atoms with Crippen LogP contribution in [0.3, 0.4) is 0 Å². The van der Waals surface area contributed by atoms with Gasteiger partial charge in [-0.3, -0.25) is 9.48 Å². The van der Waals surface area contributed by atoms with E-state index in [4.69, 9.17) is 9.15 Å². The Labute approximate surface area is 194 Å². The molecule has 0 aliphatic rings. The van der Waals surface area contributed by atoms with Gasteiger partial charge in [-0.2, -0.15) is 5.10 Å². The molecule has 170 valence electrons. The fourth-order valence-corrected chi connectivity index (χ4v) is 3.44. The molecule has 0 aliphatic carbocycles. The summed E-state index contributed by atoms with van der Waals surface area (Å²) in [4.78, 5) is 12.6. The number of hydrogen-bond acceptors (Lipinski definition) is 4. The first-order chi connectivity index (χ1) is 15.8. The third-order valence-corrected chi connectivity index (χ3v) is 5.46. The molecular formula is C27H29N3O3. The summed E-state index contributed by atoms with van der Waals surface area (Å²) in [6.45, 7) is 9.47. The number of furan rings is 1. The predicted molar refractivity (Wildman–Crippen MR) is 129 cm³/mol. The first kappa shape index (κ1) is 22.4. The topological polar surface area (TPSA) is 69.3 Å². The fraction of sp³-hybridized carbons (Fsp3) is 0.259. The van der Waals surface area contributed by atoms with Crippen LogP contribution in [0.15, 0.2) is 77.3 Å².